The number of H-pyrrole nitrogens is 1. The van der Waals surface area contributed by atoms with Gasteiger partial charge in [-0.05, 0) is 44.2 Å². The van der Waals surface area contributed by atoms with Gasteiger partial charge in [0, 0.05) is 36.2 Å². The SMILES string of the molecule is Cc1cc(-c2cc(S(=O)(=O)Nc3ccc(N4CCOCC4)cc3)c(C)o2)n[nH]1. The predicted molar refractivity (Wildman–Crippen MR) is 106 cm³/mol. The minimum Gasteiger partial charge on any atom is -0.458 e. The third-order valence-corrected chi connectivity index (χ3v) is 6.10. The van der Waals surface area contributed by atoms with Crippen molar-refractivity contribution in [3.05, 3.63) is 47.9 Å². The van der Waals surface area contributed by atoms with E-state index in [4.69, 9.17) is 9.15 Å². The van der Waals surface area contributed by atoms with Crippen molar-refractivity contribution in [3.63, 3.8) is 0 Å². The van der Waals surface area contributed by atoms with E-state index in [0.29, 0.717) is 36.1 Å². The first-order chi connectivity index (χ1) is 13.4. The van der Waals surface area contributed by atoms with Crippen molar-refractivity contribution in [3.8, 4) is 11.5 Å². The molecule has 0 unspecified atom stereocenters. The van der Waals surface area contributed by atoms with E-state index in [1.165, 1.54) is 6.07 Å². The fourth-order valence-corrected chi connectivity index (χ4v) is 4.41. The summed E-state index contributed by atoms with van der Waals surface area (Å²) in [6, 6.07) is 10.6. The number of sulfonamides is 1. The number of anilines is 2. The van der Waals surface area contributed by atoms with E-state index in [2.05, 4.69) is 19.8 Å². The van der Waals surface area contributed by atoms with E-state index < -0.39 is 10.0 Å². The van der Waals surface area contributed by atoms with Gasteiger partial charge >= 0.3 is 0 Å². The van der Waals surface area contributed by atoms with Gasteiger partial charge in [-0.2, -0.15) is 5.10 Å². The van der Waals surface area contributed by atoms with Crippen LogP contribution < -0.4 is 9.62 Å². The Bertz CT molecular complexity index is 1060. The molecule has 0 amide bonds. The number of benzene rings is 1. The highest BCUT2D eigenvalue weighted by Gasteiger charge is 2.23. The number of nitrogens with zero attached hydrogens (tertiary/aromatic N) is 2. The van der Waals surface area contributed by atoms with Crippen molar-refractivity contribution < 1.29 is 17.6 Å². The van der Waals surface area contributed by atoms with Crippen molar-refractivity contribution in [2.45, 2.75) is 18.7 Å². The lowest BCUT2D eigenvalue weighted by Crippen LogP contribution is -2.36. The molecule has 0 aliphatic carbocycles. The second-order valence-corrected chi connectivity index (χ2v) is 8.37. The second kappa shape index (κ2) is 7.33. The minimum absolute atomic E-state index is 0.0976. The number of ether oxygens (including phenoxy) is 1. The van der Waals surface area contributed by atoms with E-state index >= 15 is 0 Å². The molecule has 0 saturated carbocycles. The highest BCUT2D eigenvalue weighted by Crippen LogP contribution is 2.29. The van der Waals surface area contributed by atoms with Gasteiger partial charge in [-0.15, -0.1) is 0 Å². The molecule has 9 heteroatoms. The molecule has 1 aromatic carbocycles. The van der Waals surface area contributed by atoms with Gasteiger partial charge in [0.25, 0.3) is 10.0 Å². The van der Waals surface area contributed by atoms with Crippen LogP contribution in [-0.2, 0) is 14.8 Å². The van der Waals surface area contributed by atoms with Gasteiger partial charge in [0.1, 0.15) is 16.3 Å². The van der Waals surface area contributed by atoms with Crippen LogP contribution in [-0.4, -0.2) is 44.9 Å². The smallest absolute Gasteiger partial charge is 0.265 e. The van der Waals surface area contributed by atoms with Gasteiger partial charge in [-0.3, -0.25) is 9.82 Å². The lowest BCUT2D eigenvalue weighted by Gasteiger charge is -2.28. The van der Waals surface area contributed by atoms with E-state index in [1.54, 1.807) is 25.1 Å². The Hall–Kier alpha value is -2.78. The number of aryl methyl sites for hydroxylation is 2. The number of nitrogens with one attached hydrogen (secondary N) is 2. The van der Waals surface area contributed by atoms with Crippen LogP contribution in [0.25, 0.3) is 11.5 Å². The van der Waals surface area contributed by atoms with Crippen LogP contribution in [0.4, 0.5) is 11.4 Å². The maximum absolute atomic E-state index is 12.8. The Labute approximate surface area is 163 Å². The molecule has 0 bridgehead atoms. The third kappa shape index (κ3) is 3.76. The second-order valence-electron chi connectivity index (χ2n) is 6.72. The normalized spacial score (nSPS) is 15.0. The molecule has 0 atom stereocenters. The molecule has 2 aromatic heterocycles. The van der Waals surface area contributed by atoms with Gasteiger partial charge in [0.2, 0.25) is 0 Å². The molecule has 0 radical (unpaired) electrons. The van der Waals surface area contributed by atoms with Gasteiger partial charge < -0.3 is 14.1 Å². The van der Waals surface area contributed by atoms with Gasteiger partial charge in [-0.1, -0.05) is 0 Å². The molecule has 148 valence electrons. The van der Waals surface area contributed by atoms with Crippen LogP contribution in [0.15, 0.2) is 45.7 Å². The fourth-order valence-electron chi connectivity index (χ4n) is 3.17. The number of hydrogen-bond acceptors (Lipinski definition) is 6. The van der Waals surface area contributed by atoms with Crippen LogP contribution in [0.2, 0.25) is 0 Å². The van der Waals surface area contributed by atoms with Crippen LogP contribution in [0.5, 0.6) is 0 Å². The highest BCUT2D eigenvalue weighted by molar-refractivity contribution is 7.92. The zero-order chi connectivity index (χ0) is 19.7. The Kier molecular flexibility index (Phi) is 4.86. The number of aromatic nitrogens is 2. The van der Waals surface area contributed by atoms with E-state index in [-0.39, 0.29) is 4.90 Å². The molecule has 0 spiro atoms. The summed E-state index contributed by atoms with van der Waals surface area (Å²) in [6.45, 7) is 6.55. The molecular formula is C19H22N4O4S. The standard InChI is InChI=1S/C19H22N4O4S/c1-13-11-17(21-20-13)18-12-19(14(2)27-18)28(24,25)22-15-3-5-16(6-4-15)23-7-9-26-10-8-23/h3-6,11-12,22H,7-10H2,1-2H3,(H,20,21). The lowest BCUT2D eigenvalue weighted by molar-refractivity contribution is 0.122. The predicted octanol–water partition coefficient (Wildman–Crippen LogP) is 2.92. The van der Waals surface area contributed by atoms with Crippen molar-refractivity contribution in [2.75, 3.05) is 35.9 Å². The van der Waals surface area contributed by atoms with Crippen molar-refractivity contribution in [1.29, 1.82) is 0 Å². The third-order valence-electron chi connectivity index (χ3n) is 4.62. The summed E-state index contributed by atoms with van der Waals surface area (Å²) in [5.74, 6) is 0.720. The average Bonchev–Trinajstić information content (AvgIpc) is 3.29. The average molecular weight is 402 g/mol. The topological polar surface area (TPSA) is 100 Å². The molecule has 8 nitrogen and oxygen atoms in total. The number of morpholine rings is 1. The van der Waals surface area contributed by atoms with Crippen molar-refractivity contribution in [1.82, 2.24) is 10.2 Å². The zero-order valence-electron chi connectivity index (χ0n) is 15.7. The maximum Gasteiger partial charge on any atom is 0.265 e. The quantitative estimate of drug-likeness (QED) is 0.681. The molecule has 2 N–H and O–H groups in total. The maximum atomic E-state index is 12.8. The Morgan fingerprint density at radius 3 is 2.46 bits per heavy atom. The molecule has 1 fully saturated rings. The summed E-state index contributed by atoms with van der Waals surface area (Å²) < 4.78 is 39.3. The summed E-state index contributed by atoms with van der Waals surface area (Å²) >= 11 is 0. The first-order valence-electron chi connectivity index (χ1n) is 9.01. The van der Waals surface area contributed by atoms with Gasteiger partial charge in [0.05, 0.1) is 13.2 Å². The van der Waals surface area contributed by atoms with Crippen LogP contribution in [0.1, 0.15) is 11.5 Å². The largest absolute Gasteiger partial charge is 0.458 e. The summed E-state index contributed by atoms with van der Waals surface area (Å²) in [7, 11) is -3.78. The minimum atomic E-state index is -3.78. The van der Waals surface area contributed by atoms with Crippen LogP contribution in [0, 0.1) is 13.8 Å². The number of hydrogen-bond donors (Lipinski definition) is 2. The number of aromatic amines is 1. The summed E-state index contributed by atoms with van der Waals surface area (Å²) in [5, 5.41) is 6.93. The molecule has 1 aliphatic heterocycles. The van der Waals surface area contributed by atoms with Gasteiger partial charge in [0.15, 0.2) is 5.76 Å². The van der Waals surface area contributed by atoms with Crippen LogP contribution >= 0.6 is 0 Å². The van der Waals surface area contributed by atoms with Crippen molar-refractivity contribution in [2.24, 2.45) is 0 Å². The molecule has 4 rings (SSSR count). The molecule has 1 aliphatic rings. The molecule has 3 aromatic rings. The lowest BCUT2D eigenvalue weighted by atomic mass is 10.2. The first kappa shape index (κ1) is 18.6. The van der Waals surface area contributed by atoms with Crippen molar-refractivity contribution >= 4 is 21.4 Å². The number of rotatable bonds is 5. The Morgan fingerprint density at radius 1 is 1.11 bits per heavy atom. The first-order valence-corrected chi connectivity index (χ1v) is 10.5. The summed E-state index contributed by atoms with van der Waals surface area (Å²) in [6.07, 6.45) is 0. The molecule has 28 heavy (non-hydrogen) atoms. The van der Waals surface area contributed by atoms with E-state index in [1.807, 2.05) is 19.1 Å². The summed E-state index contributed by atoms with van der Waals surface area (Å²) in [5.41, 5.74) is 2.97. The van der Waals surface area contributed by atoms with E-state index in [9.17, 15) is 8.42 Å². The molecule has 3 heterocycles. The Morgan fingerprint density at radius 2 is 1.82 bits per heavy atom. The van der Waals surface area contributed by atoms with Crippen LogP contribution in [0.3, 0.4) is 0 Å². The van der Waals surface area contributed by atoms with Gasteiger partial charge in [-0.25, -0.2) is 8.42 Å². The number of furan rings is 1. The molecular weight excluding hydrogens is 380 g/mol. The molecule has 1 saturated heterocycles. The fraction of sp³-hybridized carbons (Fsp3) is 0.316. The summed E-state index contributed by atoms with van der Waals surface area (Å²) in [4.78, 5) is 2.31. The zero-order valence-corrected chi connectivity index (χ0v) is 16.5. The Balaban J connectivity index is 1.53. The van der Waals surface area contributed by atoms with E-state index in [0.717, 1.165) is 24.5 Å². The monoisotopic (exact) mass is 402 g/mol. The highest BCUT2D eigenvalue weighted by atomic mass is 32.2.